The summed E-state index contributed by atoms with van der Waals surface area (Å²) in [6.07, 6.45) is 5.07. The summed E-state index contributed by atoms with van der Waals surface area (Å²) < 4.78 is 19.9. The molecule has 0 atom stereocenters. The van der Waals surface area contributed by atoms with Gasteiger partial charge >= 0.3 is 0 Å². The van der Waals surface area contributed by atoms with Crippen molar-refractivity contribution in [1.29, 1.82) is 0 Å². The topological polar surface area (TPSA) is 88.1 Å². The number of hydrogen-bond donors (Lipinski definition) is 2. The highest BCUT2D eigenvalue weighted by Crippen LogP contribution is 2.34. The number of hydrogen-bond acceptors (Lipinski definition) is 8. The molecule has 33 heavy (non-hydrogen) atoms. The SMILES string of the molecule is COc1cncc2nc(-c3ccnc(Nc4c(C)cccc4F)c3)nc(N3CCNCC3)c12. The number of benzene rings is 1. The van der Waals surface area contributed by atoms with Gasteiger partial charge in [-0.15, -0.1) is 0 Å². The molecule has 0 aliphatic carbocycles. The van der Waals surface area contributed by atoms with Gasteiger partial charge in [0, 0.05) is 37.9 Å². The molecule has 1 aromatic carbocycles. The van der Waals surface area contributed by atoms with E-state index >= 15 is 0 Å². The first-order chi connectivity index (χ1) is 16.1. The van der Waals surface area contributed by atoms with Gasteiger partial charge in [-0.2, -0.15) is 0 Å². The standard InChI is InChI=1S/C24H24FN7O/c1-15-4-3-5-17(25)22(15)30-20-12-16(6-7-28-20)23-29-18-13-27-14-19(33-2)21(18)24(31-23)32-10-8-26-9-11-32/h3-7,12-14,26H,8-11H2,1-2H3,(H,28,30). The fourth-order valence-electron chi connectivity index (χ4n) is 3.98. The Kier molecular flexibility index (Phi) is 5.70. The summed E-state index contributed by atoms with van der Waals surface area (Å²) in [7, 11) is 1.62. The predicted molar refractivity (Wildman–Crippen MR) is 127 cm³/mol. The van der Waals surface area contributed by atoms with Crippen LogP contribution in [-0.2, 0) is 0 Å². The average molecular weight is 446 g/mol. The molecule has 0 unspecified atom stereocenters. The molecular formula is C24H24FN7O. The summed E-state index contributed by atoms with van der Waals surface area (Å²) in [6, 6.07) is 8.62. The van der Waals surface area contributed by atoms with Gasteiger partial charge in [0.1, 0.15) is 23.2 Å². The van der Waals surface area contributed by atoms with E-state index in [1.807, 2.05) is 25.1 Å². The Hall–Kier alpha value is -3.85. The van der Waals surface area contributed by atoms with Crippen molar-refractivity contribution in [3.05, 3.63) is 60.3 Å². The monoisotopic (exact) mass is 445 g/mol. The lowest BCUT2D eigenvalue weighted by molar-refractivity contribution is 0.418. The Morgan fingerprint density at radius 3 is 2.76 bits per heavy atom. The van der Waals surface area contributed by atoms with Gasteiger partial charge in [-0.1, -0.05) is 12.1 Å². The largest absolute Gasteiger partial charge is 0.494 e. The lowest BCUT2D eigenvalue weighted by atomic mass is 10.1. The van der Waals surface area contributed by atoms with E-state index < -0.39 is 0 Å². The molecule has 0 amide bonds. The summed E-state index contributed by atoms with van der Waals surface area (Å²) in [4.78, 5) is 20.6. The highest BCUT2D eigenvalue weighted by Gasteiger charge is 2.21. The molecule has 2 N–H and O–H groups in total. The summed E-state index contributed by atoms with van der Waals surface area (Å²) in [5.41, 5.74) is 2.66. The Bertz CT molecular complexity index is 1290. The number of para-hydroxylation sites is 1. The maximum absolute atomic E-state index is 14.3. The normalized spacial score (nSPS) is 13.8. The number of rotatable bonds is 5. The molecule has 0 spiro atoms. The fraction of sp³-hybridized carbons (Fsp3) is 0.250. The van der Waals surface area contributed by atoms with Gasteiger partial charge in [0.15, 0.2) is 5.82 Å². The van der Waals surface area contributed by atoms with E-state index in [0.717, 1.165) is 48.5 Å². The predicted octanol–water partition coefficient (Wildman–Crippen LogP) is 3.70. The van der Waals surface area contributed by atoms with Crippen LogP contribution in [0.3, 0.4) is 0 Å². The van der Waals surface area contributed by atoms with Crippen LogP contribution < -0.4 is 20.3 Å². The first kappa shape index (κ1) is 21.0. The number of aromatic nitrogens is 4. The highest BCUT2D eigenvalue weighted by molar-refractivity contribution is 5.95. The quantitative estimate of drug-likeness (QED) is 0.481. The molecule has 168 valence electrons. The van der Waals surface area contributed by atoms with Crippen LogP contribution in [0, 0.1) is 12.7 Å². The fourth-order valence-corrected chi connectivity index (χ4v) is 3.98. The maximum Gasteiger partial charge on any atom is 0.162 e. The number of anilines is 3. The van der Waals surface area contributed by atoms with Crippen LogP contribution in [0.5, 0.6) is 5.75 Å². The van der Waals surface area contributed by atoms with Crippen molar-refractivity contribution < 1.29 is 9.13 Å². The number of aryl methyl sites for hydroxylation is 1. The Labute approximate surface area is 190 Å². The molecule has 3 aromatic heterocycles. The molecule has 0 bridgehead atoms. The highest BCUT2D eigenvalue weighted by atomic mass is 19.1. The van der Waals surface area contributed by atoms with Crippen LogP contribution in [0.2, 0.25) is 0 Å². The molecule has 4 heterocycles. The lowest BCUT2D eigenvalue weighted by Gasteiger charge is -2.29. The minimum absolute atomic E-state index is 0.330. The second-order valence-corrected chi connectivity index (χ2v) is 7.83. The molecule has 0 saturated carbocycles. The molecular weight excluding hydrogens is 421 g/mol. The number of nitrogens with zero attached hydrogens (tertiary/aromatic N) is 5. The lowest BCUT2D eigenvalue weighted by Crippen LogP contribution is -2.44. The molecule has 1 aliphatic rings. The molecule has 5 rings (SSSR count). The van der Waals surface area contributed by atoms with Crippen molar-refractivity contribution in [2.75, 3.05) is 43.5 Å². The van der Waals surface area contributed by atoms with Gasteiger partial charge in [-0.05, 0) is 30.7 Å². The number of pyridine rings is 2. The molecule has 8 nitrogen and oxygen atoms in total. The maximum atomic E-state index is 14.3. The molecule has 4 aromatic rings. The number of fused-ring (bicyclic) bond motifs is 1. The average Bonchev–Trinajstić information content (AvgIpc) is 2.86. The van der Waals surface area contributed by atoms with E-state index in [4.69, 9.17) is 14.7 Å². The zero-order valence-electron chi connectivity index (χ0n) is 18.5. The minimum atomic E-state index is -0.330. The smallest absolute Gasteiger partial charge is 0.162 e. The third-order valence-electron chi connectivity index (χ3n) is 5.68. The Morgan fingerprint density at radius 1 is 1.12 bits per heavy atom. The second-order valence-electron chi connectivity index (χ2n) is 7.83. The van der Waals surface area contributed by atoms with Crippen LogP contribution in [0.4, 0.5) is 21.7 Å². The molecule has 1 aliphatic heterocycles. The van der Waals surface area contributed by atoms with Crippen molar-refractivity contribution in [3.63, 3.8) is 0 Å². The minimum Gasteiger partial charge on any atom is -0.494 e. The third kappa shape index (κ3) is 4.14. The first-order valence-corrected chi connectivity index (χ1v) is 10.8. The zero-order valence-corrected chi connectivity index (χ0v) is 18.5. The molecule has 1 saturated heterocycles. The van der Waals surface area contributed by atoms with Crippen molar-refractivity contribution in [2.24, 2.45) is 0 Å². The van der Waals surface area contributed by atoms with Gasteiger partial charge in [0.25, 0.3) is 0 Å². The van der Waals surface area contributed by atoms with Crippen LogP contribution >= 0.6 is 0 Å². The van der Waals surface area contributed by atoms with Crippen molar-refractivity contribution >= 4 is 28.2 Å². The summed E-state index contributed by atoms with van der Waals surface area (Å²) in [6.45, 7) is 5.25. The van der Waals surface area contributed by atoms with E-state index in [1.165, 1.54) is 6.07 Å². The Morgan fingerprint density at radius 2 is 1.97 bits per heavy atom. The molecule has 0 radical (unpaired) electrons. The van der Waals surface area contributed by atoms with E-state index in [1.54, 1.807) is 31.8 Å². The van der Waals surface area contributed by atoms with Gasteiger partial charge in [0.05, 0.1) is 36.1 Å². The van der Waals surface area contributed by atoms with Crippen LogP contribution in [0.15, 0.2) is 48.9 Å². The number of nitrogens with one attached hydrogen (secondary N) is 2. The van der Waals surface area contributed by atoms with Crippen molar-refractivity contribution in [2.45, 2.75) is 6.92 Å². The van der Waals surface area contributed by atoms with E-state index in [0.29, 0.717) is 28.6 Å². The van der Waals surface area contributed by atoms with Gasteiger partial charge in [-0.25, -0.2) is 19.3 Å². The third-order valence-corrected chi connectivity index (χ3v) is 5.68. The first-order valence-electron chi connectivity index (χ1n) is 10.8. The summed E-state index contributed by atoms with van der Waals surface area (Å²) in [5.74, 6) is 2.17. The Balaban J connectivity index is 1.60. The number of methoxy groups -OCH3 is 1. The van der Waals surface area contributed by atoms with Crippen LogP contribution in [-0.4, -0.2) is 53.2 Å². The zero-order chi connectivity index (χ0) is 22.8. The van der Waals surface area contributed by atoms with Gasteiger partial charge < -0.3 is 20.3 Å². The van der Waals surface area contributed by atoms with Gasteiger partial charge in [0.2, 0.25) is 0 Å². The summed E-state index contributed by atoms with van der Waals surface area (Å²) >= 11 is 0. The van der Waals surface area contributed by atoms with Gasteiger partial charge in [-0.3, -0.25) is 4.98 Å². The van der Waals surface area contributed by atoms with E-state index in [2.05, 4.69) is 25.5 Å². The molecule has 1 fully saturated rings. The number of halogens is 1. The van der Waals surface area contributed by atoms with Crippen LogP contribution in [0.1, 0.15) is 5.56 Å². The van der Waals surface area contributed by atoms with Crippen molar-refractivity contribution in [3.8, 4) is 17.1 Å². The van der Waals surface area contributed by atoms with Crippen LogP contribution in [0.25, 0.3) is 22.3 Å². The second kappa shape index (κ2) is 8.95. The summed E-state index contributed by atoms with van der Waals surface area (Å²) in [5, 5.41) is 7.30. The van der Waals surface area contributed by atoms with Crippen molar-refractivity contribution in [1.82, 2.24) is 25.3 Å². The number of ether oxygens (including phenoxy) is 1. The number of piperazine rings is 1. The van der Waals surface area contributed by atoms with E-state index in [9.17, 15) is 4.39 Å². The molecule has 9 heteroatoms. The van der Waals surface area contributed by atoms with E-state index in [-0.39, 0.29) is 5.82 Å².